The molecule has 1 aliphatic heterocycles. The van der Waals surface area contributed by atoms with Crippen LogP contribution in [0.25, 0.3) is 0 Å². The van der Waals surface area contributed by atoms with Crippen LogP contribution in [0.1, 0.15) is 31.2 Å². The van der Waals surface area contributed by atoms with Gasteiger partial charge in [-0.05, 0) is 37.3 Å². The highest BCUT2D eigenvalue weighted by Crippen LogP contribution is 2.30. The van der Waals surface area contributed by atoms with E-state index in [0.717, 1.165) is 45.3 Å². The smallest absolute Gasteiger partial charge is 0.258 e. The molecule has 2 N–H and O–H groups in total. The molecular formula is C23H28N4O3. The minimum absolute atomic E-state index is 0.0414. The van der Waals surface area contributed by atoms with Crippen LogP contribution in [0.2, 0.25) is 0 Å². The number of rotatable bonds is 8. The first-order valence-electron chi connectivity index (χ1n) is 10.6. The third-order valence-electron chi connectivity index (χ3n) is 5.50. The monoisotopic (exact) mass is 408 g/mol. The molecule has 1 aromatic heterocycles. The number of ether oxygens (including phenoxy) is 1. The number of benzene rings is 1. The molecule has 30 heavy (non-hydrogen) atoms. The van der Waals surface area contributed by atoms with Gasteiger partial charge in [0, 0.05) is 37.7 Å². The summed E-state index contributed by atoms with van der Waals surface area (Å²) in [6, 6.07) is 14.0. The molecule has 1 aromatic carbocycles. The van der Waals surface area contributed by atoms with Crippen molar-refractivity contribution in [2.45, 2.75) is 38.3 Å². The van der Waals surface area contributed by atoms with Crippen molar-refractivity contribution in [1.82, 2.24) is 15.2 Å². The first kappa shape index (κ1) is 20.3. The van der Waals surface area contributed by atoms with Gasteiger partial charge in [-0.25, -0.2) is 4.98 Å². The summed E-state index contributed by atoms with van der Waals surface area (Å²) < 4.78 is 5.48. The summed E-state index contributed by atoms with van der Waals surface area (Å²) in [5.74, 6) is 0.422. The summed E-state index contributed by atoms with van der Waals surface area (Å²) in [5.41, 5.74) is 1.96. The van der Waals surface area contributed by atoms with Gasteiger partial charge in [0.15, 0.2) is 6.61 Å². The molecule has 0 unspecified atom stereocenters. The van der Waals surface area contributed by atoms with Crippen LogP contribution in [0.4, 0.5) is 5.69 Å². The second-order valence-electron chi connectivity index (χ2n) is 8.04. The van der Waals surface area contributed by atoms with Gasteiger partial charge < -0.3 is 15.4 Å². The number of carbonyl (C=O) groups is 2. The van der Waals surface area contributed by atoms with Gasteiger partial charge in [0.2, 0.25) is 11.8 Å². The lowest BCUT2D eigenvalue weighted by Gasteiger charge is -2.32. The molecule has 2 amide bonds. The molecule has 2 heterocycles. The maximum absolute atomic E-state index is 12.2. The van der Waals surface area contributed by atoms with Crippen molar-refractivity contribution >= 4 is 17.5 Å². The van der Waals surface area contributed by atoms with Gasteiger partial charge in [-0.1, -0.05) is 30.3 Å². The highest BCUT2D eigenvalue weighted by atomic mass is 16.5. The minimum atomic E-state index is -0.135. The van der Waals surface area contributed by atoms with Crippen molar-refractivity contribution in [3.63, 3.8) is 0 Å². The molecule has 1 saturated heterocycles. The van der Waals surface area contributed by atoms with E-state index in [1.807, 2.05) is 6.07 Å². The number of nitrogens with zero attached hydrogens (tertiary/aromatic N) is 2. The van der Waals surface area contributed by atoms with E-state index in [1.54, 1.807) is 18.3 Å². The number of carbonyl (C=O) groups excluding carboxylic acids is 2. The number of piperidine rings is 1. The van der Waals surface area contributed by atoms with Crippen molar-refractivity contribution < 1.29 is 14.3 Å². The predicted octanol–water partition coefficient (Wildman–Crippen LogP) is 2.59. The highest BCUT2D eigenvalue weighted by Gasteiger charge is 2.29. The average molecular weight is 409 g/mol. The van der Waals surface area contributed by atoms with Crippen LogP contribution in [0.5, 0.6) is 5.88 Å². The van der Waals surface area contributed by atoms with Crippen LogP contribution in [-0.4, -0.2) is 47.4 Å². The number of hydrogen-bond donors (Lipinski definition) is 2. The quantitative estimate of drug-likeness (QED) is 0.702. The number of pyridine rings is 1. The zero-order valence-electron chi connectivity index (χ0n) is 17.0. The fourth-order valence-corrected chi connectivity index (χ4v) is 3.62. The van der Waals surface area contributed by atoms with E-state index in [0.29, 0.717) is 11.6 Å². The molecule has 0 spiro atoms. The van der Waals surface area contributed by atoms with Gasteiger partial charge in [0.05, 0.1) is 11.9 Å². The second kappa shape index (κ2) is 9.71. The molecule has 2 aromatic rings. The first-order chi connectivity index (χ1) is 14.7. The lowest BCUT2D eigenvalue weighted by Crippen LogP contribution is -2.45. The Kier molecular flexibility index (Phi) is 6.59. The predicted molar refractivity (Wildman–Crippen MR) is 114 cm³/mol. The van der Waals surface area contributed by atoms with E-state index in [2.05, 4.69) is 44.8 Å². The molecule has 2 aliphatic rings. The topological polar surface area (TPSA) is 83.6 Å². The van der Waals surface area contributed by atoms with Crippen LogP contribution in [-0.2, 0) is 16.1 Å². The summed E-state index contributed by atoms with van der Waals surface area (Å²) in [7, 11) is 0. The normalized spacial score (nSPS) is 17.3. The van der Waals surface area contributed by atoms with Crippen LogP contribution in [0.3, 0.4) is 0 Å². The molecular weight excluding hydrogens is 380 g/mol. The zero-order valence-corrected chi connectivity index (χ0v) is 17.0. The molecule has 7 nitrogen and oxygen atoms in total. The van der Waals surface area contributed by atoms with Gasteiger partial charge in [-0.3, -0.25) is 14.5 Å². The first-order valence-corrected chi connectivity index (χ1v) is 10.6. The van der Waals surface area contributed by atoms with Crippen LogP contribution < -0.4 is 15.4 Å². The van der Waals surface area contributed by atoms with E-state index in [9.17, 15) is 9.59 Å². The van der Waals surface area contributed by atoms with Crippen molar-refractivity contribution in [2.75, 3.05) is 25.0 Å². The third kappa shape index (κ3) is 6.03. The van der Waals surface area contributed by atoms with E-state index in [-0.39, 0.29) is 30.4 Å². The molecule has 0 radical (unpaired) electrons. The second-order valence-corrected chi connectivity index (χ2v) is 8.04. The third-order valence-corrected chi connectivity index (χ3v) is 5.50. The van der Waals surface area contributed by atoms with E-state index in [1.165, 1.54) is 5.56 Å². The lowest BCUT2D eigenvalue weighted by molar-refractivity contribution is -0.124. The minimum Gasteiger partial charge on any atom is -0.468 e. The Morgan fingerprint density at radius 1 is 1.03 bits per heavy atom. The lowest BCUT2D eigenvalue weighted by atomic mass is 10.0. The number of anilines is 1. The maximum atomic E-state index is 12.2. The summed E-state index contributed by atoms with van der Waals surface area (Å²) in [4.78, 5) is 30.5. The summed E-state index contributed by atoms with van der Waals surface area (Å²) in [5, 5.41) is 5.88. The SMILES string of the molecule is O=C(COc1ccc(NC(=O)C2CC2)cn1)NC1CCN(Cc2ccccc2)CC1. The number of aromatic nitrogens is 1. The van der Waals surface area contributed by atoms with E-state index < -0.39 is 0 Å². The van der Waals surface area contributed by atoms with Gasteiger partial charge in [0.1, 0.15) is 0 Å². The zero-order chi connectivity index (χ0) is 20.8. The maximum Gasteiger partial charge on any atom is 0.258 e. The fourth-order valence-electron chi connectivity index (χ4n) is 3.62. The standard InChI is InChI=1S/C23H28N4O3/c28-21(16-30-22-9-8-20(14-24-22)26-23(29)18-6-7-18)25-19-10-12-27(13-11-19)15-17-4-2-1-3-5-17/h1-5,8-9,14,18-19H,6-7,10-13,15-16H2,(H,25,28)(H,26,29). The number of hydrogen-bond acceptors (Lipinski definition) is 5. The Bertz CT molecular complexity index is 845. The molecule has 4 rings (SSSR count). The van der Waals surface area contributed by atoms with Gasteiger partial charge >= 0.3 is 0 Å². The molecule has 0 bridgehead atoms. The molecule has 158 valence electrons. The molecule has 0 atom stereocenters. The van der Waals surface area contributed by atoms with Crippen LogP contribution in [0, 0.1) is 5.92 Å². The van der Waals surface area contributed by atoms with Gasteiger partial charge in [0.25, 0.3) is 5.91 Å². The van der Waals surface area contributed by atoms with Crippen molar-refractivity contribution in [1.29, 1.82) is 0 Å². The van der Waals surface area contributed by atoms with E-state index in [4.69, 9.17) is 4.74 Å². The van der Waals surface area contributed by atoms with E-state index >= 15 is 0 Å². The Balaban J connectivity index is 1.14. The number of likely N-dealkylation sites (tertiary alicyclic amines) is 1. The van der Waals surface area contributed by atoms with Crippen LogP contribution in [0.15, 0.2) is 48.7 Å². The summed E-state index contributed by atoms with van der Waals surface area (Å²) >= 11 is 0. The average Bonchev–Trinajstić information content (AvgIpc) is 3.61. The Morgan fingerprint density at radius 3 is 2.47 bits per heavy atom. The molecule has 1 saturated carbocycles. The van der Waals surface area contributed by atoms with Crippen molar-refractivity contribution in [2.24, 2.45) is 5.92 Å². The largest absolute Gasteiger partial charge is 0.468 e. The number of amides is 2. The van der Waals surface area contributed by atoms with Crippen molar-refractivity contribution in [3.05, 3.63) is 54.2 Å². The Morgan fingerprint density at radius 2 is 1.80 bits per heavy atom. The number of nitrogens with one attached hydrogen (secondary N) is 2. The van der Waals surface area contributed by atoms with Crippen LogP contribution >= 0.6 is 0 Å². The Labute approximate surface area is 176 Å². The van der Waals surface area contributed by atoms with Crippen molar-refractivity contribution in [3.8, 4) is 5.88 Å². The Hall–Kier alpha value is -2.93. The highest BCUT2D eigenvalue weighted by molar-refractivity contribution is 5.93. The summed E-state index contributed by atoms with van der Waals surface area (Å²) in [6.45, 7) is 2.82. The molecule has 2 fully saturated rings. The molecule has 7 heteroatoms. The molecule has 1 aliphatic carbocycles. The summed E-state index contributed by atoms with van der Waals surface area (Å²) in [6.07, 6.45) is 5.34. The fraction of sp³-hybridized carbons (Fsp3) is 0.435. The van der Waals surface area contributed by atoms with Gasteiger partial charge in [-0.2, -0.15) is 0 Å². The van der Waals surface area contributed by atoms with Gasteiger partial charge in [-0.15, -0.1) is 0 Å².